The minimum absolute atomic E-state index is 0.0203. The fraction of sp³-hybridized carbons (Fsp3) is 0.391. The number of phenolic OH excluding ortho intramolecular Hbond substituents is 1. The Morgan fingerprint density at radius 2 is 1.96 bits per heavy atom. The van der Waals surface area contributed by atoms with Gasteiger partial charge in [-0.15, -0.1) is 0 Å². The molecular weight excluding hydrogens is 338 g/mol. The van der Waals surface area contributed by atoms with Gasteiger partial charge < -0.3 is 19.9 Å². The molecule has 0 bridgehead atoms. The molecule has 1 atom stereocenters. The predicted octanol–water partition coefficient (Wildman–Crippen LogP) is 5.91. The zero-order chi connectivity index (χ0) is 19.3. The van der Waals surface area contributed by atoms with Crippen molar-refractivity contribution < 1.29 is 14.6 Å². The van der Waals surface area contributed by atoms with Crippen molar-refractivity contribution in [2.45, 2.75) is 52.2 Å². The molecule has 4 nitrogen and oxygen atoms in total. The number of rotatable bonds is 3. The second-order valence-electron chi connectivity index (χ2n) is 8.01. The molecule has 0 radical (unpaired) electrons. The molecule has 2 aliphatic heterocycles. The molecule has 0 spiro atoms. The Morgan fingerprint density at radius 1 is 1.19 bits per heavy atom. The van der Waals surface area contributed by atoms with Crippen LogP contribution in [-0.2, 0) is 0 Å². The molecule has 2 aliphatic rings. The molecule has 0 amide bonds. The Bertz CT molecular complexity index is 943. The monoisotopic (exact) mass is 365 g/mol. The highest BCUT2D eigenvalue weighted by Gasteiger charge is 2.35. The lowest BCUT2D eigenvalue weighted by atomic mass is 9.81. The van der Waals surface area contributed by atoms with Crippen LogP contribution in [0, 0.1) is 0 Å². The van der Waals surface area contributed by atoms with Crippen LogP contribution in [0.25, 0.3) is 16.7 Å². The van der Waals surface area contributed by atoms with Crippen molar-refractivity contribution in [2.75, 3.05) is 12.4 Å². The third-order valence-electron chi connectivity index (χ3n) is 5.39. The molecule has 27 heavy (non-hydrogen) atoms. The number of aromatic hydroxyl groups is 1. The summed E-state index contributed by atoms with van der Waals surface area (Å²) in [5.41, 5.74) is 6.60. The highest BCUT2D eigenvalue weighted by molar-refractivity contribution is 5.92. The molecule has 4 heteroatoms. The molecule has 0 saturated heterocycles. The first-order valence-corrected chi connectivity index (χ1v) is 9.58. The van der Waals surface area contributed by atoms with Crippen molar-refractivity contribution in [3.63, 3.8) is 0 Å². The van der Waals surface area contributed by atoms with Crippen molar-refractivity contribution in [1.82, 2.24) is 0 Å². The smallest absolute Gasteiger partial charge is 0.172 e. The van der Waals surface area contributed by atoms with Crippen LogP contribution in [0.4, 0.5) is 5.69 Å². The van der Waals surface area contributed by atoms with Crippen molar-refractivity contribution >= 4 is 11.3 Å². The van der Waals surface area contributed by atoms with E-state index in [1.165, 1.54) is 16.7 Å². The van der Waals surface area contributed by atoms with Crippen LogP contribution in [0.1, 0.15) is 57.8 Å². The molecule has 2 N–H and O–H groups in total. The van der Waals surface area contributed by atoms with Crippen LogP contribution >= 0.6 is 0 Å². The number of benzene rings is 2. The van der Waals surface area contributed by atoms with Crippen molar-refractivity contribution in [3.05, 3.63) is 41.5 Å². The zero-order valence-corrected chi connectivity index (χ0v) is 16.6. The summed E-state index contributed by atoms with van der Waals surface area (Å²) in [4.78, 5) is 0. The second kappa shape index (κ2) is 6.22. The van der Waals surface area contributed by atoms with Crippen LogP contribution in [0.3, 0.4) is 0 Å². The summed E-state index contributed by atoms with van der Waals surface area (Å²) < 4.78 is 12.0. The molecule has 2 aromatic carbocycles. The number of anilines is 1. The highest BCUT2D eigenvalue weighted by Crippen LogP contribution is 2.54. The molecule has 0 saturated carbocycles. The average molecular weight is 365 g/mol. The Morgan fingerprint density at radius 3 is 2.67 bits per heavy atom. The SMILES string of the molecule is CCCC1Oc2ccc(O)c(OC)c2-c2ccc3c(c21)C(C)=CC(C)(C)N3. The first kappa shape index (κ1) is 17.8. The summed E-state index contributed by atoms with van der Waals surface area (Å²) in [7, 11) is 1.58. The van der Waals surface area contributed by atoms with Gasteiger partial charge in [0.1, 0.15) is 11.9 Å². The number of ether oxygens (including phenoxy) is 2. The maximum Gasteiger partial charge on any atom is 0.172 e. The lowest BCUT2D eigenvalue weighted by Gasteiger charge is -2.37. The summed E-state index contributed by atoms with van der Waals surface area (Å²) in [5, 5.41) is 13.9. The van der Waals surface area contributed by atoms with Gasteiger partial charge in [0, 0.05) is 16.8 Å². The third kappa shape index (κ3) is 2.75. The zero-order valence-electron chi connectivity index (χ0n) is 16.6. The summed E-state index contributed by atoms with van der Waals surface area (Å²) >= 11 is 0. The van der Waals surface area contributed by atoms with Crippen LogP contribution in [0.15, 0.2) is 30.3 Å². The van der Waals surface area contributed by atoms with Crippen LogP contribution in [0.5, 0.6) is 17.2 Å². The lowest BCUT2D eigenvalue weighted by molar-refractivity contribution is 0.189. The summed E-state index contributed by atoms with van der Waals surface area (Å²) in [6.45, 7) is 8.69. The van der Waals surface area contributed by atoms with E-state index in [1.807, 2.05) is 6.07 Å². The van der Waals surface area contributed by atoms with E-state index in [0.717, 1.165) is 35.4 Å². The van der Waals surface area contributed by atoms with E-state index < -0.39 is 0 Å². The van der Waals surface area contributed by atoms with E-state index in [2.05, 4.69) is 51.2 Å². The predicted molar refractivity (Wildman–Crippen MR) is 110 cm³/mol. The summed E-state index contributed by atoms with van der Waals surface area (Å²) in [6, 6.07) is 7.73. The van der Waals surface area contributed by atoms with Gasteiger partial charge in [-0.1, -0.05) is 25.5 Å². The Labute approximate surface area is 160 Å². The molecule has 2 heterocycles. The van der Waals surface area contributed by atoms with Gasteiger partial charge >= 0.3 is 0 Å². The van der Waals surface area contributed by atoms with Crippen molar-refractivity contribution in [2.24, 2.45) is 0 Å². The minimum atomic E-state index is -0.0883. The average Bonchev–Trinajstić information content (AvgIpc) is 2.60. The van der Waals surface area contributed by atoms with Crippen molar-refractivity contribution in [1.29, 1.82) is 0 Å². The van der Waals surface area contributed by atoms with Crippen LogP contribution < -0.4 is 14.8 Å². The van der Waals surface area contributed by atoms with E-state index in [-0.39, 0.29) is 17.4 Å². The fourth-order valence-electron chi connectivity index (χ4n) is 4.49. The number of allylic oxidation sites excluding steroid dienone is 1. The van der Waals surface area contributed by atoms with Gasteiger partial charge in [-0.3, -0.25) is 0 Å². The van der Waals surface area contributed by atoms with Gasteiger partial charge in [-0.25, -0.2) is 0 Å². The quantitative estimate of drug-likeness (QED) is 0.710. The maximum atomic E-state index is 10.3. The van der Waals surface area contributed by atoms with E-state index in [1.54, 1.807) is 13.2 Å². The topological polar surface area (TPSA) is 50.7 Å². The lowest BCUT2D eigenvalue weighted by Crippen LogP contribution is -2.32. The van der Waals surface area contributed by atoms with Gasteiger partial charge in [0.15, 0.2) is 11.5 Å². The second-order valence-corrected chi connectivity index (χ2v) is 8.01. The molecule has 4 rings (SSSR count). The maximum absolute atomic E-state index is 10.3. The highest BCUT2D eigenvalue weighted by atomic mass is 16.5. The number of phenols is 1. The van der Waals surface area contributed by atoms with E-state index in [0.29, 0.717) is 5.75 Å². The van der Waals surface area contributed by atoms with E-state index in [4.69, 9.17) is 9.47 Å². The molecule has 142 valence electrons. The number of nitrogens with one attached hydrogen (secondary N) is 1. The summed E-state index contributed by atoms with van der Waals surface area (Å²) in [6.07, 6.45) is 4.21. The normalized spacial score (nSPS) is 19.0. The fourth-order valence-corrected chi connectivity index (χ4v) is 4.49. The van der Waals surface area contributed by atoms with E-state index in [9.17, 15) is 5.11 Å². The molecule has 1 unspecified atom stereocenters. The van der Waals surface area contributed by atoms with E-state index >= 15 is 0 Å². The molecular formula is C23H27NO3. The number of hydrogen-bond acceptors (Lipinski definition) is 4. The Balaban J connectivity index is 2.03. The minimum Gasteiger partial charge on any atom is -0.504 e. The van der Waals surface area contributed by atoms with Gasteiger partial charge in [0.2, 0.25) is 0 Å². The standard InChI is InChI=1S/C23H27NO3/c1-6-7-17-20-14(21-18(27-17)11-10-16(25)22(21)26-5)8-9-15-19(20)13(2)12-23(3,4)24-15/h8-12,17,24-25H,6-7H2,1-5H3. The van der Waals surface area contributed by atoms with Crippen LogP contribution in [-0.4, -0.2) is 17.8 Å². The molecule has 0 aliphatic carbocycles. The third-order valence-corrected chi connectivity index (χ3v) is 5.39. The van der Waals surface area contributed by atoms with Gasteiger partial charge in [0.05, 0.1) is 18.2 Å². The van der Waals surface area contributed by atoms with Gasteiger partial charge in [0.25, 0.3) is 0 Å². The Hall–Kier alpha value is -2.62. The van der Waals surface area contributed by atoms with Gasteiger partial charge in [-0.2, -0.15) is 0 Å². The number of fused-ring (bicyclic) bond motifs is 5. The molecule has 0 aromatic heterocycles. The molecule has 2 aromatic rings. The number of methoxy groups -OCH3 is 1. The first-order chi connectivity index (χ1) is 12.9. The van der Waals surface area contributed by atoms with Gasteiger partial charge in [-0.05, 0) is 56.5 Å². The van der Waals surface area contributed by atoms with Crippen molar-refractivity contribution in [3.8, 4) is 28.4 Å². The number of hydrogen-bond donors (Lipinski definition) is 2. The first-order valence-electron chi connectivity index (χ1n) is 9.58. The molecule has 0 fully saturated rings. The van der Waals surface area contributed by atoms with Crippen LogP contribution in [0.2, 0.25) is 0 Å². The summed E-state index contributed by atoms with van der Waals surface area (Å²) in [5.74, 6) is 1.36. The largest absolute Gasteiger partial charge is 0.504 e. The Kier molecular flexibility index (Phi) is 4.10.